The SMILES string of the molecule is CCC1=C[C@@H]2[C@H](C1)C[C@]2(CNC)CC(=O)O. The maximum atomic E-state index is 11.0. The lowest BCUT2D eigenvalue weighted by molar-refractivity contribution is -0.144. The molecule has 1 saturated carbocycles. The van der Waals surface area contributed by atoms with Gasteiger partial charge in [0.15, 0.2) is 0 Å². The molecule has 16 heavy (non-hydrogen) atoms. The van der Waals surface area contributed by atoms with Crippen molar-refractivity contribution >= 4 is 5.97 Å². The first-order chi connectivity index (χ1) is 7.61. The predicted molar refractivity (Wildman–Crippen MR) is 63.2 cm³/mol. The van der Waals surface area contributed by atoms with E-state index in [4.69, 9.17) is 5.11 Å². The Morgan fingerprint density at radius 2 is 2.44 bits per heavy atom. The molecule has 0 unspecified atom stereocenters. The second-order valence-electron chi connectivity index (χ2n) is 5.34. The smallest absolute Gasteiger partial charge is 0.303 e. The van der Waals surface area contributed by atoms with Crippen molar-refractivity contribution in [3.05, 3.63) is 11.6 Å². The minimum absolute atomic E-state index is 0.0117. The molecule has 0 radical (unpaired) electrons. The molecule has 0 amide bonds. The van der Waals surface area contributed by atoms with Gasteiger partial charge in [-0.1, -0.05) is 18.6 Å². The van der Waals surface area contributed by atoms with Gasteiger partial charge in [-0.25, -0.2) is 0 Å². The zero-order valence-corrected chi connectivity index (χ0v) is 10.1. The Kier molecular flexibility index (Phi) is 3.06. The number of carbonyl (C=O) groups is 1. The summed E-state index contributed by atoms with van der Waals surface area (Å²) in [6.45, 7) is 3.02. The van der Waals surface area contributed by atoms with Gasteiger partial charge in [-0.15, -0.1) is 0 Å². The number of hydrogen-bond acceptors (Lipinski definition) is 2. The van der Waals surface area contributed by atoms with Crippen LogP contribution in [0.25, 0.3) is 0 Å². The van der Waals surface area contributed by atoms with Gasteiger partial charge in [-0.2, -0.15) is 0 Å². The van der Waals surface area contributed by atoms with Gasteiger partial charge in [-0.05, 0) is 38.1 Å². The first-order valence-corrected chi connectivity index (χ1v) is 6.17. The maximum Gasteiger partial charge on any atom is 0.303 e. The van der Waals surface area contributed by atoms with Crippen molar-refractivity contribution in [2.45, 2.75) is 32.6 Å². The molecule has 1 fully saturated rings. The van der Waals surface area contributed by atoms with Gasteiger partial charge in [0, 0.05) is 12.0 Å². The van der Waals surface area contributed by atoms with Crippen LogP contribution in [0.5, 0.6) is 0 Å². The molecule has 2 aliphatic carbocycles. The number of hydrogen-bond donors (Lipinski definition) is 2. The van der Waals surface area contributed by atoms with Crippen molar-refractivity contribution in [2.24, 2.45) is 17.3 Å². The van der Waals surface area contributed by atoms with E-state index in [9.17, 15) is 4.79 Å². The Bertz CT molecular complexity index is 324. The second kappa shape index (κ2) is 4.21. The molecule has 0 aromatic heterocycles. The summed E-state index contributed by atoms with van der Waals surface area (Å²) in [5.74, 6) is 0.570. The highest BCUT2D eigenvalue weighted by Gasteiger charge is 2.54. The lowest BCUT2D eigenvalue weighted by Gasteiger charge is -2.52. The summed E-state index contributed by atoms with van der Waals surface area (Å²) in [6, 6.07) is 0. The molecular formula is C13H21NO2. The second-order valence-corrected chi connectivity index (χ2v) is 5.34. The summed E-state index contributed by atoms with van der Waals surface area (Å²) in [7, 11) is 1.91. The number of allylic oxidation sites excluding steroid dienone is 2. The highest BCUT2D eigenvalue weighted by atomic mass is 16.4. The predicted octanol–water partition coefficient (Wildman–Crippen LogP) is 2.04. The van der Waals surface area contributed by atoms with Gasteiger partial charge < -0.3 is 10.4 Å². The first-order valence-electron chi connectivity index (χ1n) is 6.17. The summed E-state index contributed by atoms with van der Waals surface area (Å²) in [5.41, 5.74) is 1.51. The quantitative estimate of drug-likeness (QED) is 0.701. The normalized spacial score (nSPS) is 36.5. The number of aliphatic carboxylic acids is 1. The highest BCUT2D eigenvalue weighted by Crippen LogP contribution is 2.59. The van der Waals surface area contributed by atoms with Crippen LogP contribution in [0.15, 0.2) is 11.6 Å². The van der Waals surface area contributed by atoms with E-state index in [1.807, 2.05) is 7.05 Å². The molecule has 0 spiro atoms. The molecule has 2 aliphatic rings. The number of nitrogens with one attached hydrogen (secondary N) is 1. The van der Waals surface area contributed by atoms with Crippen LogP contribution in [-0.2, 0) is 4.79 Å². The average Bonchev–Trinajstić information content (AvgIpc) is 2.55. The molecule has 2 N–H and O–H groups in total. The van der Waals surface area contributed by atoms with E-state index < -0.39 is 5.97 Å². The van der Waals surface area contributed by atoms with E-state index in [0.29, 0.717) is 12.3 Å². The van der Waals surface area contributed by atoms with E-state index in [0.717, 1.165) is 25.3 Å². The van der Waals surface area contributed by atoms with E-state index >= 15 is 0 Å². The van der Waals surface area contributed by atoms with E-state index in [1.54, 1.807) is 0 Å². The first kappa shape index (κ1) is 11.6. The van der Waals surface area contributed by atoms with Crippen LogP contribution in [0.2, 0.25) is 0 Å². The Morgan fingerprint density at radius 3 is 3.00 bits per heavy atom. The maximum absolute atomic E-state index is 11.0. The number of carboxylic acid groups (broad SMARTS) is 1. The largest absolute Gasteiger partial charge is 0.481 e. The van der Waals surface area contributed by atoms with Crippen molar-refractivity contribution in [1.82, 2.24) is 5.32 Å². The van der Waals surface area contributed by atoms with Crippen LogP contribution in [0.3, 0.4) is 0 Å². The van der Waals surface area contributed by atoms with Gasteiger partial charge in [0.2, 0.25) is 0 Å². The van der Waals surface area contributed by atoms with Crippen molar-refractivity contribution in [1.29, 1.82) is 0 Å². The number of carboxylic acids is 1. The van der Waals surface area contributed by atoms with E-state index in [2.05, 4.69) is 18.3 Å². The zero-order chi connectivity index (χ0) is 11.8. The summed E-state index contributed by atoms with van der Waals surface area (Å²) in [6.07, 6.45) is 6.06. The molecule has 0 aromatic rings. The topological polar surface area (TPSA) is 49.3 Å². The van der Waals surface area contributed by atoms with Gasteiger partial charge in [0.25, 0.3) is 0 Å². The number of rotatable bonds is 5. The molecule has 0 bridgehead atoms. The molecular weight excluding hydrogens is 202 g/mol. The fraction of sp³-hybridized carbons (Fsp3) is 0.769. The van der Waals surface area contributed by atoms with Crippen LogP contribution >= 0.6 is 0 Å². The van der Waals surface area contributed by atoms with Crippen LogP contribution in [-0.4, -0.2) is 24.7 Å². The monoisotopic (exact) mass is 223 g/mol. The lowest BCUT2D eigenvalue weighted by Crippen LogP contribution is -2.51. The fourth-order valence-corrected chi connectivity index (χ4v) is 3.65. The Balaban J connectivity index is 2.11. The third-order valence-corrected chi connectivity index (χ3v) is 4.31. The lowest BCUT2D eigenvalue weighted by atomic mass is 9.53. The van der Waals surface area contributed by atoms with Crippen LogP contribution in [0.4, 0.5) is 0 Å². The molecule has 90 valence electrons. The van der Waals surface area contributed by atoms with E-state index in [1.165, 1.54) is 12.0 Å². The van der Waals surface area contributed by atoms with Crippen molar-refractivity contribution in [2.75, 3.05) is 13.6 Å². The average molecular weight is 223 g/mol. The fourth-order valence-electron chi connectivity index (χ4n) is 3.65. The molecule has 3 atom stereocenters. The Labute approximate surface area is 96.9 Å². The Morgan fingerprint density at radius 1 is 1.69 bits per heavy atom. The van der Waals surface area contributed by atoms with Crippen molar-refractivity contribution in [3.8, 4) is 0 Å². The minimum atomic E-state index is -0.660. The third-order valence-electron chi connectivity index (χ3n) is 4.31. The molecule has 2 rings (SSSR count). The van der Waals surface area contributed by atoms with Crippen LogP contribution < -0.4 is 5.32 Å². The van der Waals surface area contributed by atoms with E-state index in [-0.39, 0.29) is 5.41 Å². The molecule has 3 nitrogen and oxygen atoms in total. The van der Waals surface area contributed by atoms with Gasteiger partial charge in [-0.3, -0.25) is 4.79 Å². The Hall–Kier alpha value is -0.830. The molecule has 0 aliphatic heterocycles. The van der Waals surface area contributed by atoms with Crippen molar-refractivity contribution in [3.63, 3.8) is 0 Å². The van der Waals surface area contributed by atoms with Crippen LogP contribution in [0.1, 0.15) is 32.6 Å². The van der Waals surface area contributed by atoms with Gasteiger partial charge in [0.05, 0.1) is 6.42 Å². The zero-order valence-electron chi connectivity index (χ0n) is 10.1. The third kappa shape index (κ3) is 1.77. The van der Waals surface area contributed by atoms with Crippen LogP contribution in [0, 0.1) is 17.3 Å². The standard InChI is InChI=1S/C13H21NO2/c1-3-9-4-10-6-13(8-14-2,7-12(15)16)11(10)5-9/h5,10-11,14H,3-4,6-8H2,1-2H3,(H,15,16)/t10-,11-,13-/m1/s1. The van der Waals surface area contributed by atoms with Crippen molar-refractivity contribution < 1.29 is 9.90 Å². The highest BCUT2D eigenvalue weighted by molar-refractivity contribution is 5.68. The number of fused-ring (bicyclic) bond motifs is 1. The minimum Gasteiger partial charge on any atom is -0.481 e. The molecule has 0 saturated heterocycles. The molecule has 0 aromatic carbocycles. The van der Waals surface area contributed by atoms with Gasteiger partial charge >= 0.3 is 5.97 Å². The molecule has 3 heteroatoms. The summed E-state index contributed by atoms with van der Waals surface area (Å²) < 4.78 is 0. The molecule has 0 heterocycles. The summed E-state index contributed by atoms with van der Waals surface area (Å²) >= 11 is 0. The summed E-state index contributed by atoms with van der Waals surface area (Å²) in [5, 5.41) is 12.2. The van der Waals surface area contributed by atoms with Gasteiger partial charge in [0.1, 0.15) is 0 Å². The summed E-state index contributed by atoms with van der Waals surface area (Å²) in [4.78, 5) is 11.0.